The summed E-state index contributed by atoms with van der Waals surface area (Å²) in [5, 5.41) is 11.1. The molecular weight excluding hydrogens is 293 g/mol. The lowest BCUT2D eigenvalue weighted by Crippen LogP contribution is -2.43. The van der Waals surface area contributed by atoms with Crippen LogP contribution in [0.15, 0.2) is 34.5 Å². The third-order valence-corrected chi connectivity index (χ3v) is 4.65. The number of terminal acetylenes is 1. The summed E-state index contributed by atoms with van der Waals surface area (Å²) in [6.45, 7) is 0. The van der Waals surface area contributed by atoms with Gasteiger partial charge in [0.15, 0.2) is 5.66 Å². The van der Waals surface area contributed by atoms with Gasteiger partial charge in [0.2, 0.25) is 5.91 Å². The van der Waals surface area contributed by atoms with Crippen LogP contribution in [0.2, 0.25) is 0 Å². The number of rotatable bonds is 7. The molecule has 1 aliphatic heterocycles. The highest BCUT2D eigenvalue weighted by Gasteiger charge is 2.40. The molecule has 23 heavy (non-hydrogen) atoms. The van der Waals surface area contributed by atoms with Crippen molar-refractivity contribution in [3.05, 3.63) is 35.6 Å². The maximum absolute atomic E-state index is 13.7. The number of nitrogens with one attached hydrogen (secondary N) is 1. The van der Waals surface area contributed by atoms with Crippen LogP contribution in [0.1, 0.15) is 50.0 Å². The quantitative estimate of drug-likeness (QED) is 0.769. The fourth-order valence-electron chi connectivity index (χ4n) is 3.08. The van der Waals surface area contributed by atoms with Gasteiger partial charge in [-0.15, -0.1) is 12.3 Å². The molecule has 0 unspecified atom stereocenters. The molecule has 120 valence electrons. The monoisotopic (exact) mass is 313 g/mol. The number of benzene rings is 1. The minimum Gasteiger partial charge on any atom is -0.353 e. The Morgan fingerprint density at radius 2 is 2.09 bits per heavy atom. The summed E-state index contributed by atoms with van der Waals surface area (Å²) >= 11 is 0. The molecule has 1 aromatic rings. The fourth-order valence-corrected chi connectivity index (χ4v) is 3.08. The van der Waals surface area contributed by atoms with E-state index in [1.807, 2.05) is 12.1 Å². The number of carbonyl (C=O) groups excluding carboxylic acids is 1. The number of carbonyl (C=O) groups is 1. The van der Waals surface area contributed by atoms with E-state index in [0.29, 0.717) is 19.3 Å². The zero-order valence-corrected chi connectivity index (χ0v) is 13.0. The topological polar surface area (TPSA) is 53.8 Å². The first-order chi connectivity index (χ1) is 11.1. The average Bonchev–Trinajstić information content (AvgIpc) is 3.28. The van der Waals surface area contributed by atoms with Crippen LogP contribution < -0.4 is 5.32 Å². The van der Waals surface area contributed by atoms with Gasteiger partial charge in [-0.1, -0.05) is 18.2 Å². The molecule has 0 aromatic heterocycles. The molecule has 1 aromatic carbocycles. The van der Waals surface area contributed by atoms with Gasteiger partial charge in [0.25, 0.3) is 0 Å². The summed E-state index contributed by atoms with van der Waals surface area (Å²) in [6.07, 6.45) is 9.19. The first kappa shape index (κ1) is 15.7. The van der Waals surface area contributed by atoms with Crippen LogP contribution in [0.4, 0.5) is 4.39 Å². The molecule has 0 saturated heterocycles. The summed E-state index contributed by atoms with van der Waals surface area (Å²) in [7, 11) is 0. The van der Waals surface area contributed by atoms with Gasteiger partial charge >= 0.3 is 0 Å². The van der Waals surface area contributed by atoms with E-state index in [1.54, 1.807) is 6.07 Å². The molecule has 1 N–H and O–H groups in total. The van der Waals surface area contributed by atoms with Crippen molar-refractivity contribution in [1.82, 2.24) is 5.32 Å². The SMILES string of the molecule is C#CCCC1(CCC(=O)NC2CC(c3ccccc3F)C2)N=N1. The smallest absolute Gasteiger partial charge is 0.220 e. The van der Waals surface area contributed by atoms with Gasteiger partial charge in [0.05, 0.1) is 0 Å². The van der Waals surface area contributed by atoms with Crippen LogP contribution in [-0.2, 0) is 4.79 Å². The van der Waals surface area contributed by atoms with Crippen molar-refractivity contribution in [2.24, 2.45) is 10.2 Å². The summed E-state index contributed by atoms with van der Waals surface area (Å²) < 4.78 is 13.7. The molecule has 1 fully saturated rings. The van der Waals surface area contributed by atoms with E-state index in [2.05, 4.69) is 21.5 Å². The van der Waals surface area contributed by atoms with E-state index >= 15 is 0 Å². The van der Waals surface area contributed by atoms with Gasteiger partial charge in [-0.05, 0) is 30.4 Å². The molecule has 1 amide bonds. The number of amides is 1. The van der Waals surface area contributed by atoms with Crippen molar-refractivity contribution >= 4 is 5.91 Å². The Labute approximate surface area is 135 Å². The lowest BCUT2D eigenvalue weighted by Gasteiger charge is -2.36. The zero-order chi connectivity index (χ0) is 16.3. The van der Waals surface area contributed by atoms with Crippen molar-refractivity contribution in [1.29, 1.82) is 0 Å². The summed E-state index contributed by atoms with van der Waals surface area (Å²) in [5.41, 5.74) is 0.348. The molecule has 0 spiro atoms. The Kier molecular flexibility index (Phi) is 4.42. The second kappa shape index (κ2) is 6.49. The highest BCUT2D eigenvalue weighted by molar-refractivity contribution is 5.76. The van der Waals surface area contributed by atoms with Crippen molar-refractivity contribution in [2.45, 2.75) is 56.1 Å². The number of halogens is 1. The molecular formula is C18H20FN3O. The Bertz CT molecular complexity index is 652. The molecule has 1 heterocycles. The van der Waals surface area contributed by atoms with E-state index in [4.69, 9.17) is 6.42 Å². The van der Waals surface area contributed by atoms with E-state index in [9.17, 15) is 9.18 Å². The second-order valence-electron chi connectivity index (χ2n) is 6.34. The van der Waals surface area contributed by atoms with Gasteiger partial charge in [-0.25, -0.2) is 4.39 Å². The van der Waals surface area contributed by atoms with E-state index in [1.165, 1.54) is 6.07 Å². The fraction of sp³-hybridized carbons (Fsp3) is 0.500. The van der Waals surface area contributed by atoms with Crippen molar-refractivity contribution in [2.75, 3.05) is 0 Å². The highest BCUT2D eigenvalue weighted by atomic mass is 19.1. The molecule has 4 nitrogen and oxygen atoms in total. The average molecular weight is 313 g/mol. The summed E-state index contributed by atoms with van der Waals surface area (Å²) in [4.78, 5) is 12.0. The van der Waals surface area contributed by atoms with Crippen LogP contribution in [0, 0.1) is 18.2 Å². The van der Waals surface area contributed by atoms with Gasteiger partial charge < -0.3 is 5.32 Å². The lowest BCUT2D eigenvalue weighted by atomic mass is 9.75. The van der Waals surface area contributed by atoms with Crippen LogP contribution in [-0.4, -0.2) is 17.6 Å². The minimum atomic E-state index is -0.404. The molecule has 5 heteroatoms. The van der Waals surface area contributed by atoms with Crippen LogP contribution in [0.3, 0.4) is 0 Å². The van der Waals surface area contributed by atoms with Gasteiger partial charge in [0, 0.05) is 31.7 Å². The lowest BCUT2D eigenvalue weighted by molar-refractivity contribution is -0.122. The zero-order valence-electron chi connectivity index (χ0n) is 13.0. The largest absolute Gasteiger partial charge is 0.353 e. The Morgan fingerprint density at radius 1 is 1.35 bits per heavy atom. The Hall–Kier alpha value is -2.22. The second-order valence-corrected chi connectivity index (χ2v) is 6.34. The molecule has 0 atom stereocenters. The number of hydrogen-bond donors (Lipinski definition) is 1. The van der Waals surface area contributed by atoms with Crippen LogP contribution in [0.5, 0.6) is 0 Å². The number of hydrogen-bond acceptors (Lipinski definition) is 3. The predicted molar refractivity (Wildman–Crippen MR) is 85.2 cm³/mol. The molecule has 1 saturated carbocycles. The van der Waals surface area contributed by atoms with Crippen LogP contribution >= 0.6 is 0 Å². The molecule has 2 aliphatic rings. The summed E-state index contributed by atoms with van der Waals surface area (Å²) in [6, 6.07) is 6.99. The van der Waals surface area contributed by atoms with Crippen LogP contribution in [0.25, 0.3) is 0 Å². The van der Waals surface area contributed by atoms with Crippen molar-refractivity contribution < 1.29 is 9.18 Å². The summed E-state index contributed by atoms with van der Waals surface area (Å²) in [5.74, 6) is 2.64. The first-order valence-corrected chi connectivity index (χ1v) is 8.03. The van der Waals surface area contributed by atoms with Crippen molar-refractivity contribution in [3.8, 4) is 12.3 Å². The van der Waals surface area contributed by atoms with E-state index in [-0.39, 0.29) is 23.7 Å². The van der Waals surface area contributed by atoms with Gasteiger partial charge in [0.1, 0.15) is 5.82 Å². The third-order valence-electron chi connectivity index (χ3n) is 4.65. The Morgan fingerprint density at radius 3 is 2.74 bits per heavy atom. The third kappa shape index (κ3) is 3.76. The standard InChI is InChI=1S/C18H20FN3O/c1-2-3-9-18(21-22-18)10-8-17(23)20-14-11-13(12-14)15-6-4-5-7-16(15)19/h1,4-7,13-14H,3,8-12H2,(H,20,23). The molecule has 1 aliphatic carbocycles. The van der Waals surface area contributed by atoms with Gasteiger partial charge in [-0.2, -0.15) is 10.2 Å². The Balaban J connectivity index is 1.38. The predicted octanol–water partition coefficient (Wildman–Crippen LogP) is 3.54. The first-order valence-electron chi connectivity index (χ1n) is 8.03. The maximum atomic E-state index is 13.7. The molecule has 0 bridgehead atoms. The van der Waals surface area contributed by atoms with Crippen molar-refractivity contribution in [3.63, 3.8) is 0 Å². The normalized spacial score (nSPS) is 23.7. The highest BCUT2D eigenvalue weighted by Crippen LogP contribution is 2.39. The number of nitrogens with zero attached hydrogens (tertiary/aromatic N) is 2. The minimum absolute atomic E-state index is 0.0133. The van der Waals surface area contributed by atoms with E-state index < -0.39 is 5.66 Å². The maximum Gasteiger partial charge on any atom is 0.220 e. The molecule has 3 rings (SSSR count). The van der Waals surface area contributed by atoms with Gasteiger partial charge in [-0.3, -0.25) is 4.79 Å². The molecule has 0 radical (unpaired) electrons. The van der Waals surface area contributed by atoms with E-state index in [0.717, 1.165) is 24.8 Å².